The molecule has 1 amide bonds. The average molecular weight is 480 g/mol. The third kappa shape index (κ3) is 5.29. The molecule has 178 valence electrons. The second-order valence-corrected chi connectivity index (χ2v) is 10.3. The van der Waals surface area contributed by atoms with Gasteiger partial charge in [-0.3, -0.25) is 4.79 Å². The average Bonchev–Trinajstić information content (AvgIpc) is 3.24. The molecule has 34 heavy (non-hydrogen) atoms. The Morgan fingerprint density at radius 3 is 2.74 bits per heavy atom. The summed E-state index contributed by atoms with van der Waals surface area (Å²) in [4.78, 5) is 13.0. The molecule has 2 aromatic carbocycles. The van der Waals surface area contributed by atoms with Crippen LogP contribution in [-0.4, -0.2) is 36.9 Å². The SMILES string of the molecule is CCc1cccc(NC(=O)[C@H]2CCCN(S(=O)(=O)c3c(C)noc3/C=C/c3ccccc3)C2)c1. The first-order valence-corrected chi connectivity index (χ1v) is 12.9. The van der Waals surface area contributed by atoms with Gasteiger partial charge in [-0.2, -0.15) is 4.31 Å². The predicted octanol–water partition coefficient (Wildman–Crippen LogP) is 4.76. The summed E-state index contributed by atoms with van der Waals surface area (Å²) in [5, 5.41) is 6.86. The summed E-state index contributed by atoms with van der Waals surface area (Å²) in [7, 11) is -3.89. The quantitative estimate of drug-likeness (QED) is 0.528. The predicted molar refractivity (Wildman–Crippen MR) is 133 cm³/mol. The summed E-state index contributed by atoms with van der Waals surface area (Å²) in [6.45, 7) is 4.14. The number of aryl methyl sites for hydroxylation is 2. The summed E-state index contributed by atoms with van der Waals surface area (Å²) in [5.41, 5.74) is 3.08. The van der Waals surface area contributed by atoms with Gasteiger partial charge in [0, 0.05) is 18.8 Å². The highest BCUT2D eigenvalue weighted by atomic mass is 32.2. The molecule has 0 bridgehead atoms. The second-order valence-electron chi connectivity index (χ2n) is 8.45. The minimum atomic E-state index is -3.89. The number of anilines is 1. The van der Waals surface area contributed by atoms with E-state index in [0.717, 1.165) is 23.2 Å². The van der Waals surface area contributed by atoms with Gasteiger partial charge in [0.05, 0.1) is 5.92 Å². The molecule has 8 heteroatoms. The van der Waals surface area contributed by atoms with Crippen molar-refractivity contribution in [3.63, 3.8) is 0 Å². The Balaban J connectivity index is 1.52. The molecule has 1 atom stereocenters. The Labute approximate surface area is 200 Å². The third-order valence-electron chi connectivity index (χ3n) is 6.02. The zero-order chi connectivity index (χ0) is 24.1. The van der Waals surface area contributed by atoms with Crippen molar-refractivity contribution in [3.8, 4) is 0 Å². The monoisotopic (exact) mass is 479 g/mol. The van der Waals surface area contributed by atoms with Gasteiger partial charge in [0.1, 0.15) is 5.69 Å². The van der Waals surface area contributed by atoms with Gasteiger partial charge in [-0.05, 0) is 55.5 Å². The van der Waals surface area contributed by atoms with E-state index >= 15 is 0 Å². The van der Waals surface area contributed by atoms with Crippen LogP contribution >= 0.6 is 0 Å². The van der Waals surface area contributed by atoms with Gasteiger partial charge < -0.3 is 9.84 Å². The fourth-order valence-electron chi connectivity index (χ4n) is 4.15. The number of rotatable bonds is 7. The van der Waals surface area contributed by atoms with Crippen LogP contribution in [0.25, 0.3) is 12.2 Å². The van der Waals surface area contributed by atoms with Crippen LogP contribution in [0.2, 0.25) is 0 Å². The molecule has 7 nitrogen and oxygen atoms in total. The van der Waals surface area contributed by atoms with Crippen molar-refractivity contribution < 1.29 is 17.7 Å². The minimum Gasteiger partial charge on any atom is -0.355 e. The number of hydrogen-bond acceptors (Lipinski definition) is 5. The van der Waals surface area contributed by atoms with E-state index in [1.165, 1.54) is 4.31 Å². The number of piperidine rings is 1. The Bertz CT molecular complexity index is 1280. The lowest BCUT2D eigenvalue weighted by Gasteiger charge is -2.31. The Morgan fingerprint density at radius 2 is 1.97 bits per heavy atom. The van der Waals surface area contributed by atoms with E-state index in [2.05, 4.69) is 17.4 Å². The molecule has 0 unspecified atom stereocenters. The number of carbonyl (C=O) groups is 1. The molecule has 3 aromatic rings. The van der Waals surface area contributed by atoms with Crippen LogP contribution in [0.15, 0.2) is 64.0 Å². The summed E-state index contributed by atoms with van der Waals surface area (Å²) >= 11 is 0. The Kier molecular flexibility index (Phi) is 7.29. The van der Waals surface area contributed by atoms with Crippen molar-refractivity contribution in [2.24, 2.45) is 5.92 Å². The Morgan fingerprint density at radius 1 is 1.18 bits per heavy atom. The normalized spacial score (nSPS) is 17.2. The molecule has 4 rings (SSSR count). The van der Waals surface area contributed by atoms with E-state index in [1.807, 2.05) is 54.6 Å². The van der Waals surface area contributed by atoms with Crippen LogP contribution in [0.3, 0.4) is 0 Å². The summed E-state index contributed by atoms with van der Waals surface area (Å²) in [6, 6.07) is 17.3. The Hall–Kier alpha value is -3.23. The van der Waals surface area contributed by atoms with Crippen LogP contribution in [0, 0.1) is 12.8 Å². The van der Waals surface area contributed by atoms with Crippen molar-refractivity contribution in [1.82, 2.24) is 9.46 Å². The minimum absolute atomic E-state index is 0.0522. The van der Waals surface area contributed by atoms with Crippen LogP contribution in [0.1, 0.15) is 42.3 Å². The number of carbonyl (C=O) groups excluding carboxylic acids is 1. The molecule has 0 spiro atoms. The highest BCUT2D eigenvalue weighted by Gasteiger charge is 2.37. The van der Waals surface area contributed by atoms with Gasteiger partial charge in [0.25, 0.3) is 0 Å². The highest BCUT2D eigenvalue weighted by molar-refractivity contribution is 7.89. The number of aromatic nitrogens is 1. The van der Waals surface area contributed by atoms with Crippen molar-refractivity contribution in [2.45, 2.75) is 38.0 Å². The van der Waals surface area contributed by atoms with Crippen LogP contribution in [0.4, 0.5) is 5.69 Å². The number of amides is 1. The van der Waals surface area contributed by atoms with Gasteiger partial charge >= 0.3 is 0 Å². The van der Waals surface area contributed by atoms with E-state index in [4.69, 9.17) is 4.52 Å². The number of sulfonamides is 1. The zero-order valence-electron chi connectivity index (χ0n) is 19.4. The summed E-state index contributed by atoms with van der Waals surface area (Å²) < 4.78 is 33.9. The lowest BCUT2D eigenvalue weighted by molar-refractivity contribution is -0.120. The van der Waals surface area contributed by atoms with Gasteiger partial charge in [-0.1, -0.05) is 60.6 Å². The summed E-state index contributed by atoms with van der Waals surface area (Å²) in [6.07, 6.45) is 5.52. The largest absolute Gasteiger partial charge is 0.355 e. The topological polar surface area (TPSA) is 92.5 Å². The van der Waals surface area contributed by atoms with Crippen molar-refractivity contribution in [3.05, 3.63) is 77.2 Å². The van der Waals surface area contributed by atoms with Crippen LogP contribution in [-0.2, 0) is 21.2 Å². The van der Waals surface area contributed by atoms with E-state index in [-0.39, 0.29) is 23.1 Å². The van der Waals surface area contributed by atoms with Crippen LogP contribution in [0.5, 0.6) is 0 Å². The molecule has 0 aliphatic carbocycles. The molecule has 2 heterocycles. The first-order valence-electron chi connectivity index (χ1n) is 11.5. The molecule has 1 fully saturated rings. The number of nitrogens with one attached hydrogen (secondary N) is 1. The maximum atomic E-state index is 13.6. The van der Waals surface area contributed by atoms with E-state index in [0.29, 0.717) is 25.1 Å². The van der Waals surface area contributed by atoms with Gasteiger partial charge in [0.15, 0.2) is 10.7 Å². The molecule has 1 N–H and O–H groups in total. The zero-order valence-corrected chi connectivity index (χ0v) is 20.2. The third-order valence-corrected chi connectivity index (χ3v) is 8.04. The van der Waals surface area contributed by atoms with Gasteiger partial charge in [0.2, 0.25) is 15.9 Å². The molecule has 0 saturated carbocycles. The van der Waals surface area contributed by atoms with Crippen LogP contribution < -0.4 is 5.32 Å². The van der Waals surface area contributed by atoms with E-state index in [1.54, 1.807) is 19.1 Å². The smallest absolute Gasteiger partial charge is 0.248 e. The molecule has 1 aliphatic heterocycles. The number of nitrogens with zero attached hydrogens (tertiary/aromatic N) is 2. The lowest BCUT2D eigenvalue weighted by atomic mass is 9.98. The molecule has 0 radical (unpaired) electrons. The maximum Gasteiger partial charge on any atom is 0.248 e. The van der Waals surface area contributed by atoms with E-state index < -0.39 is 15.9 Å². The molecular formula is C26H29N3O4S. The first-order chi connectivity index (χ1) is 16.4. The fourth-order valence-corrected chi connectivity index (χ4v) is 5.93. The van der Waals surface area contributed by atoms with Crippen molar-refractivity contribution >= 4 is 33.8 Å². The fraction of sp³-hybridized carbons (Fsp3) is 0.308. The van der Waals surface area contributed by atoms with Crippen molar-refractivity contribution in [1.29, 1.82) is 0 Å². The van der Waals surface area contributed by atoms with Crippen molar-refractivity contribution in [2.75, 3.05) is 18.4 Å². The van der Waals surface area contributed by atoms with Gasteiger partial charge in [-0.15, -0.1) is 0 Å². The van der Waals surface area contributed by atoms with Gasteiger partial charge in [-0.25, -0.2) is 8.42 Å². The first kappa shape index (κ1) is 23.9. The standard InChI is InChI=1S/C26H29N3O4S/c1-3-20-11-7-13-23(17-20)27-26(30)22-12-8-16-29(18-22)34(31,32)25-19(2)28-33-24(25)15-14-21-9-5-4-6-10-21/h4-7,9-11,13-15,17,22H,3,8,12,16,18H2,1-2H3,(H,27,30)/b15-14+/t22-/m0/s1. The molecule has 1 aliphatic rings. The second kappa shape index (κ2) is 10.4. The highest BCUT2D eigenvalue weighted by Crippen LogP contribution is 2.29. The lowest BCUT2D eigenvalue weighted by Crippen LogP contribution is -2.43. The maximum absolute atomic E-state index is 13.6. The number of benzene rings is 2. The molecule has 1 saturated heterocycles. The molecule has 1 aromatic heterocycles. The van der Waals surface area contributed by atoms with E-state index in [9.17, 15) is 13.2 Å². The summed E-state index contributed by atoms with van der Waals surface area (Å²) in [5.74, 6) is -0.416. The molecular weight excluding hydrogens is 450 g/mol. The number of hydrogen-bond donors (Lipinski definition) is 1.